The van der Waals surface area contributed by atoms with E-state index >= 15 is 0 Å². The van der Waals surface area contributed by atoms with Crippen LogP contribution in [0.3, 0.4) is 0 Å². The number of hydrogen-bond donors (Lipinski definition) is 1. The van der Waals surface area contributed by atoms with Gasteiger partial charge in [0.2, 0.25) is 0 Å². The number of hydrogen-bond acceptors (Lipinski definition) is 3. The fourth-order valence-corrected chi connectivity index (χ4v) is 2.44. The van der Waals surface area contributed by atoms with Crippen LogP contribution in [-0.4, -0.2) is 21.8 Å². The Kier molecular flexibility index (Phi) is 5.35. The van der Waals surface area contributed by atoms with Gasteiger partial charge in [0.25, 0.3) is 0 Å². The fraction of sp³-hybridized carbons (Fsp3) is 0.750. The lowest BCUT2D eigenvalue weighted by atomic mass is 10.0. The minimum Gasteiger partial charge on any atom is -0.324 e. The zero-order valence-electron chi connectivity index (χ0n) is 10.8. The molecule has 92 valence electrons. The molecule has 0 bridgehead atoms. The summed E-state index contributed by atoms with van der Waals surface area (Å²) in [5, 5.41) is 4.68. The van der Waals surface area contributed by atoms with E-state index in [9.17, 15) is 0 Å². The Labute approximate surface area is 103 Å². The van der Waals surface area contributed by atoms with Crippen molar-refractivity contribution in [3.63, 3.8) is 0 Å². The molecule has 0 saturated heterocycles. The molecule has 16 heavy (non-hydrogen) atoms. The van der Waals surface area contributed by atoms with Crippen molar-refractivity contribution in [1.82, 2.24) is 9.78 Å². The molecule has 0 amide bonds. The second-order valence-corrected chi connectivity index (χ2v) is 5.00. The third-order valence-corrected chi connectivity index (χ3v) is 3.40. The molecule has 3 nitrogen and oxygen atoms in total. The molecule has 0 aliphatic carbocycles. The van der Waals surface area contributed by atoms with Crippen LogP contribution < -0.4 is 5.73 Å². The number of thioether (sulfide) groups is 1. The van der Waals surface area contributed by atoms with Gasteiger partial charge < -0.3 is 5.73 Å². The Bertz CT molecular complexity index is 331. The lowest BCUT2D eigenvalue weighted by Crippen LogP contribution is -2.11. The van der Waals surface area contributed by atoms with Crippen molar-refractivity contribution in [2.24, 2.45) is 5.73 Å². The molecule has 1 atom stereocenters. The summed E-state index contributed by atoms with van der Waals surface area (Å²) in [6.07, 6.45) is 4.11. The van der Waals surface area contributed by atoms with Crippen molar-refractivity contribution in [3.8, 4) is 0 Å². The van der Waals surface area contributed by atoms with Gasteiger partial charge in [-0.05, 0) is 26.0 Å². The van der Waals surface area contributed by atoms with Crippen molar-refractivity contribution in [3.05, 3.63) is 17.0 Å². The van der Waals surface area contributed by atoms with E-state index in [0.29, 0.717) is 0 Å². The molecular weight excluding hydrogens is 218 g/mol. The predicted octanol–water partition coefficient (Wildman–Crippen LogP) is 2.39. The molecule has 0 fully saturated rings. The minimum absolute atomic E-state index is 0.0907. The summed E-state index contributed by atoms with van der Waals surface area (Å²) in [6.45, 7) is 7.36. The van der Waals surface area contributed by atoms with Crippen LogP contribution in [0.5, 0.6) is 0 Å². The number of nitrogens with zero attached hydrogens (tertiary/aromatic N) is 2. The number of nitrogens with two attached hydrogens (primary N) is 1. The number of aryl methyl sites for hydroxylation is 2. The summed E-state index contributed by atoms with van der Waals surface area (Å²) in [6, 6.07) is 0.0907. The van der Waals surface area contributed by atoms with Crippen molar-refractivity contribution < 1.29 is 0 Å². The van der Waals surface area contributed by atoms with E-state index in [2.05, 4.69) is 29.9 Å². The average molecular weight is 241 g/mol. The first-order chi connectivity index (χ1) is 7.65. The van der Waals surface area contributed by atoms with Crippen molar-refractivity contribution in [2.45, 2.75) is 46.2 Å². The van der Waals surface area contributed by atoms with Gasteiger partial charge in [0.15, 0.2) is 0 Å². The van der Waals surface area contributed by atoms with Gasteiger partial charge in [-0.25, -0.2) is 0 Å². The molecule has 0 aromatic carbocycles. The molecule has 0 spiro atoms. The Morgan fingerprint density at radius 1 is 1.38 bits per heavy atom. The quantitative estimate of drug-likeness (QED) is 0.831. The van der Waals surface area contributed by atoms with E-state index in [1.165, 1.54) is 17.0 Å². The van der Waals surface area contributed by atoms with Crippen LogP contribution in [-0.2, 0) is 19.4 Å². The third kappa shape index (κ3) is 2.80. The fourth-order valence-electron chi connectivity index (χ4n) is 2.09. The molecule has 0 aliphatic rings. The minimum atomic E-state index is 0.0907. The van der Waals surface area contributed by atoms with Crippen molar-refractivity contribution >= 4 is 11.8 Å². The molecule has 1 heterocycles. The zero-order chi connectivity index (χ0) is 12.1. The zero-order valence-corrected chi connectivity index (χ0v) is 11.6. The van der Waals surface area contributed by atoms with Gasteiger partial charge in [-0.3, -0.25) is 4.68 Å². The first-order valence-corrected chi connectivity index (χ1v) is 7.37. The highest BCUT2D eigenvalue weighted by Gasteiger charge is 2.17. The highest BCUT2D eigenvalue weighted by Crippen LogP contribution is 2.22. The summed E-state index contributed by atoms with van der Waals surface area (Å²) < 4.78 is 2.15. The maximum Gasteiger partial charge on any atom is 0.0672 e. The highest BCUT2D eigenvalue weighted by molar-refractivity contribution is 7.98. The van der Waals surface area contributed by atoms with E-state index in [1.54, 1.807) is 0 Å². The van der Waals surface area contributed by atoms with Crippen LogP contribution in [0.2, 0.25) is 0 Å². The second kappa shape index (κ2) is 6.30. The lowest BCUT2D eigenvalue weighted by Gasteiger charge is -2.09. The number of rotatable bonds is 6. The van der Waals surface area contributed by atoms with Gasteiger partial charge in [0.1, 0.15) is 0 Å². The van der Waals surface area contributed by atoms with Gasteiger partial charge in [0, 0.05) is 23.1 Å². The Balaban J connectivity index is 3.08. The average Bonchev–Trinajstić information content (AvgIpc) is 2.63. The largest absolute Gasteiger partial charge is 0.324 e. The SMILES string of the molecule is CCc1nn(CCSC)c(CC)c1C(C)N. The Morgan fingerprint density at radius 2 is 2.06 bits per heavy atom. The van der Waals surface area contributed by atoms with Gasteiger partial charge >= 0.3 is 0 Å². The van der Waals surface area contributed by atoms with Crippen LogP contribution in [0.1, 0.15) is 43.8 Å². The Morgan fingerprint density at radius 3 is 2.50 bits per heavy atom. The van der Waals surface area contributed by atoms with Crippen molar-refractivity contribution in [2.75, 3.05) is 12.0 Å². The summed E-state index contributed by atoms with van der Waals surface area (Å²) in [5.41, 5.74) is 9.81. The van der Waals surface area contributed by atoms with Crippen LogP contribution in [0, 0.1) is 0 Å². The predicted molar refractivity (Wildman–Crippen MR) is 72.0 cm³/mol. The normalized spacial score (nSPS) is 13.1. The highest BCUT2D eigenvalue weighted by atomic mass is 32.2. The van der Waals surface area contributed by atoms with Gasteiger partial charge in [-0.15, -0.1) is 0 Å². The van der Waals surface area contributed by atoms with E-state index in [4.69, 9.17) is 5.73 Å². The maximum atomic E-state index is 6.05. The van der Waals surface area contributed by atoms with Crippen LogP contribution in [0.15, 0.2) is 0 Å². The van der Waals surface area contributed by atoms with Gasteiger partial charge in [0.05, 0.1) is 12.2 Å². The second-order valence-electron chi connectivity index (χ2n) is 4.02. The number of aromatic nitrogens is 2. The molecule has 1 unspecified atom stereocenters. The maximum absolute atomic E-state index is 6.05. The van der Waals surface area contributed by atoms with E-state index in [1.807, 2.05) is 18.7 Å². The first kappa shape index (κ1) is 13.6. The van der Waals surface area contributed by atoms with Gasteiger partial charge in [-0.1, -0.05) is 13.8 Å². The molecule has 0 aliphatic heterocycles. The topological polar surface area (TPSA) is 43.8 Å². The van der Waals surface area contributed by atoms with E-state index in [0.717, 1.165) is 25.1 Å². The molecule has 1 rings (SSSR count). The molecule has 1 aromatic heterocycles. The Hall–Kier alpha value is -0.480. The van der Waals surface area contributed by atoms with Crippen LogP contribution in [0.25, 0.3) is 0 Å². The molecule has 2 N–H and O–H groups in total. The molecule has 0 radical (unpaired) electrons. The molecular formula is C12H23N3S. The standard InChI is InChI=1S/C12H23N3S/c1-5-10-12(9(3)13)11(6-2)15(14-10)7-8-16-4/h9H,5-8,13H2,1-4H3. The first-order valence-electron chi connectivity index (χ1n) is 5.98. The molecule has 1 aromatic rings. The van der Waals surface area contributed by atoms with E-state index < -0.39 is 0 Å². The summed E-state index contributed by atoms with van der Waals surface area (Å²) >= 11 is 1.85. The monoisotopic (exact) mass is 241 g/mol. The third-order valence-electron chi connectivity index (χ3n) is 2.81. The summed E-state index contributed by atoms with van der Waals surface area (Å²) in [5.74, 6) is 1.11. The summed E-state index contributed by atoms with van der Waals surface area (Å²) in [7, 11) is 0. The van der Waals surface area contributed by atoms with Crippen LogP contribution >= 0.6 is 11.8 Å². The lowest BCUT2D eigenvalue weighted by molar-refractivity contribution is 0.621. The van der Waals surface area contributed by atoms with Gasteiger partial charge in [-0.2, -0.15) is 16.9 Å². The van der Waals surface area contributed by atoms with Crippen LogP contribution in [0.4, 0.5) is 0 Å². The van der Waals surface area contributed by atoms with Crippen molar-refractivity contribution in [1.29, 1.82) is 0 Å². The smallest absolute Gasteiger partial charge is 0.0672 e. The molecule has 0 saturated carbocycles. The molecule has 4 heteroatoms. The van der Waals surface area contributed by atoms with E-state index in [-0.39, 0.29) is 6.04 Å². The summed E-state index contributed by atoms with van der Waals surface area (Å²) in [4.78, 5) is 0.